The molecule has 0 amide bonds. The van der Waals surface area contributed by atoms with Crippen LogP contribution in [-0.4, -0.2) is 44.1 Å². The molecule has 4 heterocycles. The van der Waals surface area contributed by atoms with Crippen molar-refractivity contribution in [3.63, 3.8) is 0 Å². The van der Waals surface area contributed by atoms with Crippen molar-refractivity contribution in [3.05, 3.63) is 108 Å². The highest BCUT2D eigenvalue weighted by atomic mass is 32.2. The summed E-state index contributed by atoms with van der Waals surface area (Å²) in [6, 6.07) is 15.7. The van der Waals surface area contributed by atoms with Crippen molar-refractivity contribution in [1.82, 2.24) is 20.0 Å². The van der Waals surface area contributed by atoms with E-state index in [-0.39, 0.29) is 16.9 Å². The second-order valence-electron chi connectivity index (χ2n) is 14.8. The number of benzene rings is 2. The maximum absolute atomic E-state index is 12.8. The Labute approximate surface area is 324 Å². The van der Waals surface area contributed by atoms with Crippen LogP contribution in [0.1, 0.15) is 57.9 Å². The van der Waals surface area contributed by atoms with Gasteiger partial charge < -0.3 is 26.4 Å². The van der Waals surface area contributed by atoms with E-state index < -0.39 is 10.0 Å². The summed E-state index contributed by atoms with van der Waals surface area (Å²) in [6.07, 6.45) is 11.3. The van der Waals surface area contributed by atoms with Crippen LogP contribution in [-0.2, 0) is 16.4 Å². The Morgan fingerprint density at radius 3 is 2.67 bits per heavy atom. The van der Waals surface area contributed by atoms with Crippen molar-refractivity contribution < 1.29 is 13.2 Å². The summed E-state index contributed by atoms with van der Waals surface area (Å²) in [5, 5.41) is 14.1. The number of anilines is 2. The van der Waals surface area contributed by atoms with E-state index in [4.69, 9.17) is 20.4 Å². The molecule has 0 bridgehead atoms. The van der Waals surface area contributed by atoms with E-state index in [2.05, 4.69) is 83.9 Å². The Kier molecular flexibility index (Phi) is 12.5. The van der Waals surface area contributed by atoms with Gasteiger partial charge in [-0.2, -0.15) is 0 Å². The van der Waals surface area contributed by atoms with Crippen LogP contribution >= 0.6 is 11.3 Å². The monoisotopic (exact) mass is 767 g/mol. The Hall–Kier alpha value is -4.65. The second kappa shape index (κ2) is 17.2. The smallest absolute Gasteiger partial charge is 0.263 e. The number of nitrogens with zero attached hydrogens (tertiary/aromatic N) is 2. The number of sulfonamides is 1. The number of methoxy groups -OCH3 is 1. The number of pyridine rings is 1. The number of fused-ring (bicyclic) bond motifs is 3. The zero-order chi connectivity index (χ0) is 38.4. The predicted octanol–water partition coefficient (Wildman–Crippen LogP) is 8.35. The number of allylic oxidation sites excluding steroid dienone is 4. The van der Waals surface area contributed by atoms with Crippen LogP contribution in [0.3, 0.4) is 0 Å². The first-order chi connectivity index (χ1) is 25.9. The fraction of sp³-hybridized carbons (Fsp3) is 0.381. The van der Waals surface area contributed by atoms with E-state index in [0.717, 1.165) is 96.1 Å². The molecule has 0 spiro atoms. The Morgan fingerprint density at radius 1 is 1.09 bits per heavy atom. The van der Waals surface area contributed by atoms with Crippen LogP contribution in [0, 0.1) is 17.8 Å². The van der Waals surface area contributed by atoms with Gasteiger partial charge in [0, 0.05) is 51.9 Å². The van der Waals surface area contributed by atoms with E-state index in [1.807, 2.05) is 18.2 Å². The molecule has 2 aliphatic heterocycles. The van der Waals surface area contributed by atoms with Gasteiger partial charge in [-0.25, -0.2) is 18.4 Å². The summed E-state index contributed by atoms with van der Waals surface area (Å²) in [5.74, 6) is 1.93. The molecule has 4 aromatic rings. The van der Waals surface area contributed by atoms with Gasteiger partial charge in [-0.1, -0.05) is 44.0 Å². The Morgan fingerprint density at radius 2 is 1.91 bits per heavy atom. The van der Waals surface area contributed by atoms with Crippen molar-refractivity contribution in [3.8, 4) is 17.1 Å². The normalized spacial score (nSPS) is 23.0. The molecule has 286 valence electrons. The molecule has 0 unspecified atom stereocenters. The first-order valence-corrected chi connectivity index (χ1v) is 21.1. The molecule has 54 heavy (non-hydrogen) atoms. The third-order valence-electron chi connectivity index (χ3n) is 9.98. The average molecular weight is 768 g/mol. The highest BCUT2D eigenvalue weighted by Crippen LogP contribution is 2.44. The molecule has 7 rings (SSSR count). The number of nitrogens with two attached hydrogens (primary N) is 1. The van der Waals surface area contributed by atoms with Crippen LogP contribution in [0.15, 0.2) is 108 Å². The zero-order valence-corrected chi connectivity index (χ0v) is 33.2. The fourth-order valence-corrected chi connectivity index (χ4v) is 9.15. The second-order valence-corrected chi connectivity index (χ2v) is 17.3. The van der Waals surface area contributed by atoms with Gasteiger partial charge in [-0.15, -0.1) is 11.3 Å². The number of rotatable bonds is 7. The Bertz CT molecular complexity index is 2140. The zero-order valence-electron chi connectivity index (χ0n) is 31.5. The molecule has 10 nitrogen and oxygen atoms in total. The highest BCUT2D eigenvalue weighted by Gasteiger charge is 2.38. The molecule has 6 N–H and O–H groups in total. The van der Waals surface area contributed by atoms with E-state index >= 15 is 0 Å². The number of ether oxygens (including phenoxy) is 1. The first kappa shape index (κ1) is 39.1. The molecule has 1 saturated carbocycles. The molecule has 12 heteroatoms. The van der Waals surface area contributed by atoms with Crippen LogP contribution < -0.4 is 31.1 Å². The van der Waals surface area contributed by atoms with Gasteiger partial charge in [0.15, 0.2) is 5.13 Å². The predicted molar refractivity (Wildman–Crippen MR) is 223 cm³/mol. The molecular weight excluding hydrogens is 715 g/mol. The maximum Gasteiger partial charge on any atom is 0.263 e. The van der Waals surface area contributed by atoms with Gasteiger partial charge in [0.05, 0.1) is 24.0 Å². The lowest BCUT2D eigenvalue weighted by atomic mass is 9.93. The summed E-state index contributed by atoms with van der Waals surface area (Å²) in [4.78, 5) is 9.89. The SMILES string of the molecule is C=C(N)[C@@H]1C[C@@H](Cc2cc(-c3csc(NC(C)C)n3)nc3cc(OC)ccc23)CN1.C=C1CCCC/C=C\[C@@H]2C[C@@H]2C(=C)NS(=O)(=O)c2ccccc2N1. The fourth-order valence-electron chi connectivity index (χ4n) is 7.03. The minimum Gasteiger partial charge on any atom is -0.497 e. The number of nitrogens with one attached hydrogen (secondary N) is 4. The van der Waals surface area contributed by atoms with E-state index in [0.29, 0.717) is 29.3 Å². The minimum atomic E-state index is -3.66. The summed E-state index contributed by atoms with van der Waals surface area (Å²) >= 11 is 1.61. The third-order valence-corrected chi connectivity index (χ3v) is 12.2. The minimum absolute atomic E-state index is 0.200. The molecule has 2 aromatic heterocycles. The number of aromatic nitrogens is 2. The van der Waals surface area contributed by atoms with Gasteiger partial charge in [0.2, 0.25) is 0 Å². The molecule has 1 aliphatic carbocycles. The topological polar surface area (TPSA) is 143 Å². The molecule has 2 fully saturated rings. The average Bonchev–Trinajstić information content (AvgIpc) is 3.49. The van der Waals surface area contributed by atoms with Gasteiger partial charge in [-0.05, 0) is 113 Å². The lowest BCUT2D eigenvalue weighted by molar-refractivity contribution is 0.415. The van der Waals surface area contributed by atoms with Crippen molar-refractivity contribution in [2.24, 2.45) is 23.5 Å². The summed E-state index contributed by atoms with van der Waals surface area (Å²) in [6.45, 7) is 17.0. The van der Waals surface area contributed by atoms with Gasteiger partial charge >= 0.3 is 0 Å². The van der Waals surface area contributed by atoms with Crippen molar-refractivity contribution in [2.75, 3.05) is 24.3 Å². The lowest BCUT2D eigenvalue weighted by Gasteiger charge is -2.16. The van der Waals surface area contributed by atoms with Crippen LogP contribution in [0.4, 0.5) is 10.8 Å². The summed E-state index contributed by atoms with van der Waals surface area (Å²) in [5.41, 5.74) is 12.6. The first-order valence-electron chi connectivity index (χ1n) is 18.7. The number of para-hydroxylation sites is 1. The molecule has 4 atom stereocenters. The molecular formula is C42H53N7O3S2. The van der Waals surface area contributed by atoms with Crippen molar-refractivity contribution in [2.45, 2.75) is 75.8 Å². The Balaban J connectivity index is 0.000000189. The van der Waals surface area contributed by atoms with Gasteiger partial charge in [0.25, 0.3) is 10.0 Å². The number of hydrogen-bond acceptors (Lipinski definition) is 10. The van der Waals surface area contributed by atoms with E-state index in [1.54, 1.807) is 36.6 Å². The summed E-state index contributed by atoms with van der Waals surface area (Å²) in [7, 11) is -1.97. The van der Waals surface area contributed by atoms with Crippen molar-refractivity contribution >= 4 is 43.1 Å². The number of thiazole rings is 1. The van der Waals surface area contributed by atoms with E-state index in [1.165, 1.54) is 5.56 Å². The van der Waals surface area contributed by atoms with Crippen LogP contribution in [0.25, 0.3) is 22.3 Å². The lowest BCUT2D eigenvalue weighted by Crippen LogP contribution is -2.26. The molecule has 1 saturated heterocycles. The standard InChI is InChI=1S/C23H29N5OS.C19H24N2O2S/c1-13(2)26-23-28-22(12-30-23)21-9-16(7-15-8-19(14(3)24)25-11-15)18-6-5-17(29-4)10-20(18)27-21;1-14-9-5-3-4-6-10-16-13-17(16)15(2)21-24(22,23)19-12-8-7-11-18(19)20-14/h5-6,9-10,12-13,15,19,25H,3,7-8,11,24H2,1-2,4H3,(H,26,28);6-8,10-12,16-17,20-21H,1-5,9,13H2/b;10-6-/t15-,19+;16-,17-/m11/s1. The molecule has 2 aromatic carbocycles. The largest absolute Gasteiger partial charge is 0.497 e. The number of hydrogen-bond donors (Lipinski definition) is 5. The molecule has 3 aliphatic rings. The van der Waals surface area contributed by atoms with E-state index in [9.17, 15) is 8.42 Å². The third kappa shape index (κ3) is 9.90. The molecule has 0 radical (unpaired) electrons. The van der Waals surface area contributed by atoms with Crippen LogP contribution in [0.2, 0.25) is 0 Å². The summed E-state index contributed by atoms with van der Waals surface area (Å²) < 4.78 is 33.6. The van der Waals surface area contributed by atoms with Gasteiger partial charge in [0.1, 0.15) is 16.3 Å². The quantitative estimate of drug-likeness (QED) is 0.117. The van der Waals surface area contributed by atoms with Gasteiger partial charge in [-0.3, -0.25) is 4.72 Å². The van der Waals surface area contributed by atoms with Crippen molar-refractivity contribution in [1.29, 1.82) is 0 Å². The van der Waals surface area contributed by atoms with Crippen LogP contribution in [0.5, 0.6) is 5.75 Å². The highest BCUT2D eigenvalue weighted by molar-refractivity contribution is 7.89. The maximum atomic E-state index is 12.8.